The van der Waals surface area contributed by atoms with Gasteiger partial charge in [-0.25, -0.2) is 29.9 Å². The lowest BCUT2D eigenvalue weighted by Crippen LogP contribution is -1.98. The average Bonchev–Trinajstić information content (AvgIpc) is 1.57. The van der Waals surface area contributed by atoms with Crippen molar-refractivity contribution >= 4 is 44.1 Å². The van der Waals surface area contributed by atoms with Gasteiger partial charge in [-0.3, -0.25) is 0 Å². The van der Waals surface area contributed by atoms with Gasteiger partial charge in [-0.15, -0.1) is 0 Å². The maximum absolute atomic E-state index is 6.33. The maximum atomic E-state index is 6.33. The Hall–Kier alpha value is -5.76. The van der Waals surface area contributed by atoms with E-state index in [1.807, 2.05) is 0 Å². The third-order valence-corrected chi connectivity index (χ3v) is 31.5. The van der Waals surface area contributed by atoms with Crippen LogP contribution in [0.1, 0.15) is 614 Å². The lowest BCUT2D eigenvalue weighted by Gasteiger charge is -2.14. The third-order valence-electron chi connectivity index (χ3n) is 31.5. The molecule has 0 atom stereocenters. The van der Waals surface area contributed by atoms with E-state index in [9.17, 15) is 0 Å². The number of aryl methyl sites for hydroxylation is 8. The summed E-state index contributed by atoms with van der Waals surface area (Å²) in [5, 5.41) is 5.04. The molecule has 8 heteroatoms. The SMILES string of the molecule is CCCCCCCCCCCCc1ccc(CCCCCCCCCCCC)c2c1-c1nc-2nc2[nH]c(nc3nc(nc4[nH]c(n1)c1c(CCCCCCCCCCCC)ccc(CCCCCCCCCCCC)c41)-c1c(CCCCCCCCCCCC)ccc(CCCCCCCCCCCC)c1-3)c1c(CCCCCCCCCCCC)ccc(CCCCCCCCCCCC)c21. The van der Waals surface area contributed by atoms with Crippen molar-refractivity contribution in [2.24, 2.45) is 0 Å². The second-order valence-corrected chi connectivity index (χ2v) is 43.6. The zero-order valence-corrected chi connectivity index (χ0v) is 90.5. The van der Waals surface area contributed by atoms with E-state index in [-0.39, 0.29) is 0 Å². The van der Waals surface area contributed by atoms with Crippen LogP contribution in [-0.4, -0.2) is 39.9 Å². The summed E-state index contributed by atoms with van der Waals surface area (Å²) < 4.78 is 0. The number of nitrogens with zero attached hydrogens (tertiary/aromatic N) is 6. The summed E-state index contributed by atoms with van der Waals surface area (Å²) in [5.74, 6) is 3.32. The van der Waals surface area contributed by atoms with Gasteiger partial charge in [0.25, 0.3) is 0 Å². The number of unbranched alkanes of at least 4 members (excludes halogenated alkanes) is 72. The molecule has 0 radical (unpaired) electrons. The second kappa shape index (κ2) is 73.3. The summed E-state index contributed by atoms with van der Waals surface area (Å²) >= 11 is 0. The van der Waals surface area contributed by atoms with E-state index in [4.69, 9.17) is 29.9 Å². The normalized spacial score (nSPS) is 12.1. The molecular formula is C128H210N8. The van der Waals surface area contributed by atoms with Crippen LogP contribution >= 0.6 is 0 Å². The average molecular weight is 1860 g/mol. The molecule has 5 heterocycles. The molecule has 2 aliphatic rings. The molecule has 9 rings (SSSR count). The van der Waals surface area contributed by atoms with Crippen molar-refractivity contribution in [3.8, 4) is 45.6 Å². The molecule has 8 nitrogen and oxygen atoms in total. The Morgan fingerprint density at radius 1 is 0.132 bits per heavy atom. The topological polar surface area (TPSA) is 109 Å². The predicted molar refractivity (Wildman–Crippen MR) is 600 cm³/mol. The smallest absolute Gasteiger partial charge is 0.165 e. The molecule has 0 saturated heterocycles. The van der Waals surface area contributed by atoms with Crippen LogP contribution in [0.5, 0.6) is 0 Å². The molecule has 0 saturated carbocycles. The Labute approximate surface area is 837 Å². The van der Waals surface area contributed by atoms with Gasteiger partial charge in [0.05, 0.1) is 0 Å². The molecule has 8 bridgehead atoms. The number of hydrogen-bond donors (Lipinski definition) is 2. The van der Waals surface area contributed by atoms with Crippen LogP contribution in [0.3, 0.4) is 0 Å². The van der Waals surface area contributed by atoms with Crippen LogP contribution < -0.4 is 0 Å². The van der Waals surface area contributed by atoms with Crippen molar-refractivity contribution < 1.29 is 0 Å². The Morgan fingerprint density at radius 2 is 0.243 bits per heavy atom. The van der Waals surface area contributed by atoms with E-state index in [1.54, 1.807) is 0 Å². The fourth-order valence-corrected chi connectivity index (χ4v) is 22.9. The van der Waals surface area contributed by atoms with Crippen molar-refractivity contribution in [3.05, 3.63) is 93.0 Å². The Balaban J connectivity index is 1.33. The van der Waals surface area contributed by atoms with Crippen LogP contribution in [-0.2, 0) is 51.4 Å². The molecule has 0 fully saturated rings. The number of aromatic amines is 2. The number of H-pyrrole nitrogens is 2. The highest BCUT2D eigenvalue weighted by atomic mass is 15.1. The summed E-state index contributed by atoms with van der Waals surface area (Å²) in [6.45, 7) is 18.8. The summed E-state index contributed by atoms with van der Waals surface area (Å²) in [6, 6.07) is 20.4. The highest BCUT2D eigenvalue weighted by molar-refractivity contribution is 6.10. The highest BCUT2D eigenvalue weighted by Crippen LogP contribution is 2.46. The molecule has 0 amide bonds. The minimum atomic E-state index is 0.829. The molecule has 4 aromatic carbocycles. The molecule has 136 heavy (non-hydrogen) atoms. The number of benzene rings is 4. The molecule has 2 N–H and O–H groups in total. The first kappa shape index (κ1) is 114. The largest absolute Gasteiger partial charge is 0.324 e. The minimum absolute atomic E-state index is 0.829. The molecule has 0 aliphatic carbocycles. The Morgan fingerprint density at radius 3 is 0.375 bits per heavy atom. The van der Waals surface area contributed by atoms with Crippen molar-refractivity contribution in [1.29, 1.82) is 0 Å². The fraction of sp³-hybridized carbons (Fsp3) is 0.750. The zero-order valence-electron chi connectivity index (χ0n) is 90.5. The number of rotatable bonds is 88. The number of fused-ring (bicyclic) bond motifs is 20. The Kier molecular flexibility index (Phi) is 61.4. The van der Waals surface area contributed by atoms with Crippen molar-refractivity contribution in [3.63, 3.8) is 0 Å². The van der Waals surface area contributed by atoms with Gasteiger partial charge in [0.2, 0.25) is 0 Å². The number of aromatic nitrogens is 8. The quantitative estimate of drug-likeness (QED) is 0.0368. The van der Waals surface area contributed by atoms with Crippen molar-refractivity contribution in [2.75, 3.05) is 0 Å². The van der Waals surface area contributed by atoms with E-state index in [2.05, 4.69) is 114 Å². The molecule has 762 valence electrons. The molecular weight excluding hydrogens is 1650 g/mol. The summed E-state index contributed by atoms with van der Waals surface area (Å²) in [7, 11) is 0. The van der Waals surface area contributed by atoms with Crippen molar-refractivity contribution in [1.82, 2.24) is 39.9 Å². The van der Waals surface area contributed by atoms with Gasteiger partial charge in [0.1, 0.15) is 22.6 Å². The Bertz CT molecular complexity index is 3870. The van der Waals surface area contributed by atoms with E-state index >= 15 is 0 Å². The van der Waals surface area contributed by atoms with Crippen LogP contribution in [0, 0.1) is 0 Å². The molecule has 0 unspecified atom stereocenters. The van der Waals surface area contributed by atoms with E-state index in [0.29, 0.717) is 0 Å². The van der Waals surface area contributed by atoms with Crippen LogP contribution in [0.25, 0.3) is 89.7 Å². The molecule has 7 aromatic rings. The number of nitrogens with one attached hydrogen (secondary N) is 2. The van der Waals surface area contributed by atoms with Gasteiger partial charge < -0.3 is 9.97 Å². The first-order chi connectivity index (χ1) is 67.4. The summed E-state index contributed by atoms with van der Waals surface area (Å²) in [5.41, 5.74) is 19.7. The monoisotopic (exact) mass is 1860 g/mol. The molecule has 3 aromatic heterocycles. The van der Waals surface area contributed by atoms with Gasteiger partial charge >= 0.3 is 0 Å². The minimum Gasteiger partial charge on any atom is -0.324 e. The van der Waals surface area contributed by atoms with Gasteiger partial charge in [0, 0.05) is 43.8 Å². The summed E-state index contributed by atoms with van der Waals surface area (Å²) in [6.07, 6.45) is 114. The van der Waals surface area contributed by atoms with Crippen LogP contribution in [0.15, 0.2) is 48.5 Å². The third kappa shape index (κ3) is 42.0. The van der Waals surface area contributed by atoms with Crippen molar-refractivity contribution in [2.45, 2.75) is 620 Å². The van der Waals surface area contributed by atoms with Gasteiger partial charge in [-0.05, 0) is 147 Å². The van der Waals surface area contributed by atoms with Crippen LogP contribution in [0.4, 0.5) is 0 Å². The van der Waals surface area contributed by atoms with E-state index in [0.717, 1.165) is 149 Å². The summed E-state index contributed by atoms with van der Waals surface area (Å²) in [4.78, 5) is 46.2. The first-order valence-corrected chi connectivity index (χ1v) is 60.8. The lowest BCUT2D eigenvalue weighted by atomic mass is 9.90. The number of hydrogen-bond acceptors (Lipinski definition) is 6. The second-order valence-electron chi connectivity index (χ2n) is 43.6. The standard InChI is InChI=1S/C128H210N8/c1-9-17-25-33-41-49-57-65-73-81-89-105-97-98-106(90-82-74-66-58-50-42-34-26-18-10-2)114-113(105)121-129-122(114)134-124-117-109(93-85-77-69-61-53-45-37-29-21-13-5)101-102-110(94-86-78-70-62-54-46-38-30-22-14-6)118(117)126(131-124)136-128-120-112(96-88-80-72-64-56-48-40-32-24-16-8)104-103-111(95-87-79-71-63-55-47-39-31-23-15-7)119(120)127(132-128)135-125-116-108(92-84-76-68-60-52-44-36-28-20-12-4)100-99-107(115(116)123(130-125)133-121)91-83-75-67-59-51-43-35-27-19-11-3/h97-104H,9-96H2,1-8H3,(H2,129,130,131,132,133,134,135,136). The molecule has 0 spiro atoms. The van der Waals surface area contributed by atoms with Gasteiger partial charge in [-0.2, -0.15) is 0 Å². The van der Waals surface area contributed by atoms with E-state index in [1.165, 1.54) is 551 Å². The van der Waals surface area contributed by atoms with Gasteiger partial charge in [-0.1, -0.05) is 566 Å². The zero-order chi connectivity index (χ0) is 95.4. The highest BCUT2D eigenvalue weighted by Gasteiger charge is 2.31. The lowest BCUT2D eigenvalue weighted by molar-refractivity contribution is 0.556. The van der Waals surface area contributed by atoms with Gasteiger partial charge in [0.15, 0.2) is 23.3 Å². The maximum Gasteiger partial charge on any atom is 0.165 e. The fourth-order valence-electron chi connectivity index (χ4n) is 22.9. The predicted octanol–water partition coefficient (Wildman–Crippen LogP) is 42.6. The van der Waals surface area contributed by atoms with E-state index < -0.39 is 0 Å². The molecule has 2 aliphatic heterocycles. The van der Waals surface area contributed by atoms with Crippen LogP contribution in [0.2, 0.25) is 0 Å². The first-order valence-electron chi connectivity index (χ1n) is 60.8.